The summed E-state index contributed by atoms with van der Waals surface area (Å²) in [5, 5.41) is 5.58. The number of nitrogens with zero attached hydrogens (tertiary/aromatic N) is 4. The topological polar surface area (TPSA) is 144 Å². The molecular weight excluding hydrogens is 700 g/mol. The third kappa shape index (κ3) is 12.2. The van der Waals surface area contributed by atoms with Gasteiger partial charge >= 0.3 is 6.09 Å². The van der Waals surface area contributed by atoms with Crippen molar-refractivity contribution in [1.82, 2.24) is 25.1 Å². The molecule has 55 heavy (non-hydrogen) atoms. The molecule has 1 aliphatic heterocycles. The molecule has 1 aliphatic rings. The molecule has 1 saturated heterocycles. The van der Waals surface area contributed by atoms with Crippen molar-refractivity contribution in [1.29, 1.82) is 0 Å². The van der Waals surface area contributed by atoms with Crippen LogP contribution in [0.4, 0.5) is 10.6 Å². The van der Waals surface area contributed by atoms with Crippen molar-refractivity contribution in [3.8, 4) is 17.6 Å². The van der Waals surface area contributed by atoms with Crippen molar-refractivity contribution in [2.24, 2.45) is 0 Å². The van der Waals surface area contributed by atoms with Crippen LogP contribution < -0.4 is 15.4 Å². The van der Waals surface area contributed by atoms with Crippen molar-refractivity contribution in [3.05, 3.63) is 81.8 Å². The van der Waals surface area contributed by atoms with E-state index >= 15 is 0 Å². The number of carbonyl (C=O) groups is 3. The number of aryl methyl sites for hydroxylation is 3. The molecule has 0 bridgehead atoms. The van der Waals surface area contributed by atoms with E-state index in [1.54, 1.807) is 43.5 Å². The van der Waals surface area contributed by atoms with Gasteiger partial charge in [-0.15, -0.1) is 0 Å². The minimum absolute atomic E-state index is 0.100. The molecule has 13 nitrogen and oxygen atoms in total. The quantitative estimate of drug-likeness (QED) is 0.170. The number of rotatable bonds is 12. The number of carbonyl (C=O) groups excluding carboxylic acids is 3. The summed E-state index contributed by atoms with van der Waals surface area (Å²) in [4.78, 5) is 53.0. The Labute approximate surface area is 325 Å². The van der Waals surface area contributed by atoms with Gasteiger partial charge in [-0.1, -0.05) is 17.9 Å². The number of pyridine rings is 2. The van der Waals surface area contributed by atoms with Crippen molar-refractivity contribution >= 4 is 23.7 Å². The van der Waals surface area contributed by atoms with Crippen LogP contribution in [0, 0.1) is 32.6 Å². The molecule has 0 unspecified atom stereocenters. The summed E-state index contributed by atoms with van der Waals surface area (Å²) in [5.41, 5.74) is 2.91. The van der Waals surface area contributed by atoms with Gasteiger partial charge in [0, 0.05) is 69.9 Å². The van der Waals surface area contributed by atoms with E-state index in [2.05, 4.69) is 37.3 Å². The van der Waals surface area contributed by atoms with E-state index < -0.39 is 29.1 Å². The first kappa shape index (κ1) is 42.7. The maximum absolute atomic E-state index is 13.7. The first-order chi connectivity index (χ1) is 25.9. The fraction of sp³-hybridized carbons (Fsp3) is 0.500. The van der Waals surface area contributed by atoms with Gasteiger partial charge in [0.25, 0.3) is 11.8 Å². The second-order valence-electron chi connectivity index (χ2n) is 15.3. The van der Waals surface area contributed by atoms with Gasteiger partial charge in [-0.2, -0.15) is 0 Å². The summed E-state index contributed by atoms with van der Waals surface area (Å²) in [6.45, 7) is 19.9. The Balaban J connectivity index is 1.56. The van der Waals surface area contributed by atoms with Crippen LogP contribution in [0.3, 0.4) is 0 Å². The molecule has 2 atom stereocenters. The molecule has 13 heteroatoms. The molecular formula is C42H56N6O7. The summed E-state index contributed by atoms with van der Waals surface area (Å²) >= 11 is 0. The molecule has 3 heterocycles. The van der Waals surface area contributed by atoms with Crippen LogP contribution in [-0.2, 0) is 14.2 Å². The number of methoxy groups -OCH3 is 1. The van der Waals surface area contributed by atoms with Crippen molar-refractivity contribution in [2.45, 2.75) is 85.7 Å². The number of piperazine rings is 1. The van der Waals surface area contributed by atoms with E-state index in [1.807, 2.05) is 73.6 Å². The van der Waals surface area contributed by atoms with Crippen LogP contribution in [0.5, 0.6) is 5.75 Å². The van der Waals surface area contributed by atoms with Crippen molar-refractivity contribution < 1.29 is 33.3 Å². The summed E-state index contributed by atoms with van der Waals surface area (Å²) in [6, 6.07) is 8.88. The third-order valence-corrected chi connectivity index (χ3v) is 8.91. The molecule has 0 saturated carbocycles. The largest absolute Gasteiger partial charge is 0.482 e. The lowest BCUT2D eigenvalue weighted by molar-refractivity contribution is -0.00360. The summed E-state index contributed by atoms with van der Waals surface area (Å²) in [7, 11) is 3.15. The zero-order chi connectivity index (χ0) is 40.5. The lowest BCUT2D eigenvalue weighted by Gasteiger charge is -2.41. The molecule has 2 aromatic heterocycles. The average molecular weight is 757 g/mol. The van der Waals surface area contributed by atoms with Crippen LogP contribution in [-0.4, -0.2) is 108 Å². The van der Waals surface area contributed by atoms with Gasteiger partial charge in [0.05, 0.1) is 24.5 Å². The Morgan fingerprint density at radius 1 is 0.945 bits per heavy atom. The molecule has 2 N–H and O–H groups in total. The third-order valence-electron chi connectivity index (χ3n) is 8.91. The molecule has 0 spiro atoms. The number of amides is 3. The zero-order valence-electron chi connectivity index (χ0n) is 34.1. The minimum atomic E-state index is -0.677. The van der Waals surface area contributed by atoms with Gasteiger partial charge in [-0.3, -0.25) is 19.5 Å². The van der Waals surface area contributed by atoms with Crippen molar-refractivity contribution in [3.63, 3.8) is 0 Å². The lowest BCUT2D eigenvalue weighted by Crippen LogP contribution is -2.55. The van der Waals surface area contributed by atoms with E-state index in [1.165, 1.54) is 7.05 Å². The summed E-state index contributed by atoms with van der Waals surface area (Å²) < 4.78 is 23.1. The van der Waals surface area contributed by atoms with Crippen LogP contribution in [0.25, 0.3) is 0 Å². The van der Waals surface area contributed by atoms with E-state index in [0.29, 0.717) is 73.3 Å². The molecule has 1 fully saturated rings. The Bertz CT molecular complexity index is 1890. The molecule has 4 rings (SSSR count). The summed E-state index contributed by atoms with van der Waals surface area (Å²) in [5.74, 6) is 6.07. The summed E-state index contributed by atoms with van der Waals surface area (Å²) in [6.07, 6.45) is 2.47. The molecule has 1 aromatic carbocycles. The molecule has 0 radical (unpaired) electrons. The van der Waals surface area contributed by atoms with Crippen molar-refractivity contribution in [2.75, 3.05) is 58.9 Å². The lowest BCUT2D eigenvalue weighted by atomic mass is 10.0. The van der Waals surface area contributed by atoms with Gasteiger partial charge in [0.15, 0.2) is 6.10 Å². The number of ether oxygens (including phenoxy) is 4. The van der Waals surface area contributed by atoms with Gasteiger partial charge < -0.3 is 34.5 Å². The number of hydrogen-bond acceptors (Lipinski definition) is 10. The number of nitrogens with one attached hydrogen (secondary N) is 2. The maximum Gasteiger partial charge on any atom is 0.410 e. The highest BCUT2D eigenvalue weighted by Gasteiger charge is 2.33. The minimum Gasteiger partial charge on any atom is -0.482 e. The van der Waals surface area contributed by atoms with Gasteiger partial charge in [-0.05, 0) is 103 Å². The van der Waals surface area contributed by atoms with Crippen LogP contribution in [0.15, 0.2) is 42.7 Å². The highest BCUT2D eigenvalue weighted by atomic mass is 16.6. The second kappa shape index (κ2) is 18.5. The monoisotopic (exact) mass is 756 g/mol. The Kier molecular flexibility index (Phi) is 14.4. The zero-order valence-corrected chi connectivity index (χ0v) is 34.1. The maximum atomic E-state index is 13.7. The molecule has 296 valence electrons. The number of benzene rings is 1. The Morgan fingerprint density at radius 3 is 2.31 bits per heavy atom. The SMILES string of the molecule is CNC(=O)c1cc(C(=O)Nc2ncc(C#CC(C)(C)OCCOC)cc2C)c(C)cc1O[C@H](CN1CCN(C(=O)OC(C)(C)C)[C@H](C)C1)c1ccc(C)cn1. The second-order valence-corrected chi connectivity index (χ2v) is 15.3. The molecule has 3 aromatic rings. The predicted molar refractivity (Wildman–Crippen MR) is 211 cm³/mol. The van der Waals surface area contributed by atoms with Crippen LogP contribution >= 0.6 is 0 Å². The normalized spacial score (nSPS) is 15.4. The van der Waals surface area contributed by atoms with E-state index in [4.69, 9.17) is 18.9 Å². The van der Waals surface area contributed by atoms with E-state index in [9.17, 15) is 14.4 Å². The number of aromatic nitrogens is 2. The molecule has 0 aliphatic carbocycles. The average Bonchev–Trinajstić information content (AvgIpc) is 3.11. The van der Waals surface area contributed by atoms with Gasteiger partial charge in [-0.25, -0.2) is 9.78 Å². The van der Waals surface area contributed by atoms with Gasteiger partial charge in [0.2, 0.25) is 0 Å². The smallest absolute Gasteiger partial charge is 0.410 e. The Morgan fingerprint density at radius 2 is 1.69 bits per heavy atom. The Hall–Kier alpha value is -5.03. The number of anilines is 1. The number of hydrogen-bond donors (Lipinski definition) is 2. The fourth-order valence-electron chi connectivity index (χ4n) is 5.96. The van der Waals surface area contributed by atoms with Crippen LogP contribution in [0.2, 0.25) is 0 Å². The standard InChI is InChI=1S/C42H56N6O7/c1-27-12-13-34(44-23-27)36(26-47-16-17-48(30(4)25-47)40(51)55-41(5,6)7)54-35-21-28(2)32(22-33(35)38(49)43-10)39(50)46-37-29(3)20-31(24-45-37)14-15-42(8,9)53-19-18-52-11/h12-13,20-24,30,36H,16-19,25-26H2,1-11H3,(H,43,49)(H,45,46,50)/t30-,36-/m1/s1. The first-order valence-corrected chi connectivity index (χ1v) is 18.5. The fourth-order valence-corrected chi connectivity index (χ4v) is 5.96. The van der Waals surface area contributed by atoms with Gasteiger partial charge in [0.1, 0.15) is 22.8 Å². The highest BCUT2D eigenvalue weighted by Crippen LogP contribution is 2.30. The van der Waals surface area contributed by atoms with E-state index in [-0.39, 0.29) is 17.7 Å². The van der Waals surface area contributed by atoms with E-state index in [0.717, 1.165) is 11.1 Å². The highest BCUT2D eigenvalue weighted by molar-refractivity contribution is 6.07. The van der Waals surface area contributed by atoms with Crippen LogP contribution in [0.1, 0.15) is 96.3 Å². The predicted octanol–water partition coefficient (Wildman–Crippen LogP) is 5.87. The molecule has 3 amide bonds. The first-order valence-electron chi connectivity index (χ1n) is 18.5.